The lowest BCUT2D eigenvalue weighted by molar-refractivity contribution is 0.103. The fourth-order valence-electron chi connectivity index (χ4n) is 10.6. The minimum atomic E-state index is -1.27. The van der Waals surface area contributed by atoms with E-state index in [4.69, 9.17) is 48.4 Å². The van der Waals surface area contributed by atoms with Gasteiger partial charge in [0, 0.05) is 33.4 Å². The molecular formula is C60H30F4N8O8S5. The standard InChI is InChI=1S/C60H30F4N8O8S5/c1-21-23(3)71-43-41(69-21)53(57-49-47(75-5-7-77-49)37(81-57)15-31-39(25(17-65)18-66)27-11-33(61)35(63)13-29(27)45(31)73)83-55(43)59-51-52(80-10-9-79-51)60(85-59)56-44-42(70-22(2)24(4)72-44)54(84-56)58-50-48(76-6-8-78-50)38(82-58)16-32-40(26(19-67)20-68)28-12-34(62)36(64)14-30(28)46(32)74/h11-16H,5-10H2,1-4H3/b31-15-,32-16-. The summed E-state index contributed by atoms with van der Waals surface area (Å²) < 4.78 is 97.1. The summed E-state index contributed by atoms with van der Waals surface area (Å²) in [6, 6.07) is 10.3. The number of halogens is 4. The van der Waals surface area contributed by atoms with Crippen LogP contribution in [0.2, 0.25) is 0 Å². The first-order valence-electron chi connectivity index (χ1n) is 25.6. The van der Waals surface area contributed by atoms with Gasteiger partial charge in [-0.15, -0.1) is 56.7 Å². The average Bonchev–Trinajstić information content (AvgIpc) is 2.00. The van der Waals surface area contributed by atoms with Crippen molar-refractivity contribution in [2.24, 2.45) is 0 Å². The number of hydrogen-bond donors (Lipinski definition) is 0. The Bertz CT molecular complexity index is 4620. The quantitative estimate of drug-likeness (QED) is 0.0854. The van der Waals surface area contributed by atoms with Crippen molar-refractivity contribution in [3.8, 4) is 97.8 Å². The third kappa shape index (κ3) is 8.10. The molecule has 416 valence electrons. The Labute approximate surface area is 496 Å². The Kier molecular flexibility index (Phi) is 12.6. The van der Waals surface area contributed by atoms with Crippen LogP contribution in [0.4, 0.5) is 17.6 Å². The Morgan fingerprint density at radius 1 is 0.412 bits per heavy atom. The fourth-order valence-corrected chi connectivity index (χ4v) is 16.9. The number of carbonyl (C=O) groups is 2. The van der Waals surface area contributed by atoms with Gasteiger partial charge in [0.1, 0.15) is 97.1 Å². The molecule has 25 heteroatoms. The maximum atomic E-state index is 14.8. The van der Waals surface area contributed by atoms with Crippen LogP contribution in [0.25, 0.3) is 84.4 Å². The molecule has 0 spiro atoms. The number of aryl methyl sites for hydroxylation is 4. The third-order valence-electron chi connectivity index (χ3n) is 14.6. The molecule has 2 aliphatic carbocycles. The van der Waals surface area contributed by atoms with Crippen molar-refractivity contribution in [1.82, 2.24) is 19.9 Å². The van der Waals surface area contributed by atoms with Gasteiger partial charge in [0.05, 0.1) is 71.5 Å². The highest BCUT2D eigenvalue weighted by atomic mass is 32.1. The van der Waals surface area contributed by atoms with Gasteiger partial charge in [-0.1, -0.05) is 0 Å². The van der Waals surface area contributed by atoms with Crippen LogP contribution in [0.3, 0.4) is 0 Å². The van der Waals surface area contributed by atoms with Gasteiger partial charge in [-0.3, -0.25) is 9.59 Å². The van der Waals surface area contributed by atoms with E-state index in [1.807, 2.05) is 27.7 Å². The van der Waals surface area contributed by atoms with Crippen molar-refractivity contribution < 1.29 is 55.6 Å². The van der Waals surface area contributed by atoms with Gasteiger partial charge < -0.3 is 28.4 Å². The van der Waals surface area contributed by atoms with E-state index in [0.717, 1.165) is 24.3 Å². The van der Waals surface area contributed by atoms with E-state index >= 15 is 0 Å². The lowest BCUT2D eigenvalue weighted by atomic mass is 9.99. The zero-order valence-corrected chi connectivity index (χ0v) is 48.2. The van der Waals surface area contributed by atoms with E-state index in [1.165, 1.54) is 68.8 Å². The first kappa shape index (κ1) is 53.4. The van der Waals surface area contributed by atoms with Gasteiger partial charge in [-0.05, 0) is 75.2 Å². The minimum absolute atomic E-state index is 0.0938. The number of benzene rings is 2. The number of aromatic nitrogens is 4. The van der Waals surface area contributed by atoms with Crippen LogP contribution in [-0.2, 0) is 0 Å². The second kappa shape index (κ2) is 20.0. The van der Waals surface area contributed by atoms with Crippen LogP contribution in [0.1, 0.15) is 64.4 Å². The van der Waals surface area contributed by atoms with Crippen LogP contribution < -0.4 is 28.4 Å². The number of fused-ring (bicyclic) bond motifs is 7. The van der Waals surface area contributed by atoms with Gasteiger partial charge in [-0.2, -0.15) is 21.0 Å². The summed E-state index contributed by atoms with van der Waals surface area (Å²) in [6.07, 6.45) is 2.89. The number of nitrogens with zero attached hydrogens (tertiary/aromatic N) is 8. The first-order chi connectivity index (χ1) is 41.1. The van der Waals surface area contributed by atoms with E-state index in [1.54, 1.807) is 24.3 Å². The van der Waals surface area contributed by atoms with Crippen molar-refractivity contribution in [3.05, 3.63) is 125 Å². The molecule has 0 radical (unpaired) electrons. The van der Waals surface area contributed by atoms with Crippen LogP contribution in [-0.4, -0.2) is 71.1 Å². The molecule has 0 N–H and O–H groups in total. The predicted octanol–water partition coefficient (Wildman–Crippen LogP) is 13.8. The lowest BCUT2D eigenvalue weighted by Crippen LogP contribution is -2.15. The molecule has 0 bridgehead atoms. The van der Waals surface area contributed by atoms with Crippen LogP contribution in [0.5, 0.6) is 34.5 Å². The van der Waals surface area contributed by atoms with Crippen LogP contribution >= 0.6 is 56.7 Å². The highest BCUT2D eigenvalue weighted by molar-refractivity contribution is 7.32. The molecule has 2 aromatic carbocycles. The molecule has 0 saturated heterocycles. The normalized spacial score (nSPS) is 15.6. The number of thiophene rings is 5. The largest absolute Gasteiger partial charge is 0.485 e. The van der Waals surface area contributed by atoms with Gasteiger partial charge >= 0.3 is 0 Å². The molecule has 3 aliphatic heterocycles. The van der Waals surface area contributed by atoms with Gasteiger partial charge in [0.15, 0.2) is 69.3 Å². The lowest BCUT2D eigenvalue weighted by Gasteiger charge is -2.17. The number of carbonyl (C=O) groups excluding carboxylic acids is 2. The molecule has 16 nitrogen and oxygen atoms in total. The highest BCUT2D eigenvalue weighted by Gasteiger charge is 2.40. The molecule has 9 aromatic rings. The smallest absolute Gasteiger partial charge is 0.194 e. The summed E-state index contributed by atoms with van der Waals surface area (Å²) in [5.41, 5.74) is 2.53. The second-order valence-electron chi connectivity index (χ2n) is 19.5. The molecule has 0 fully saturated rings. The number of rotatable bonds is 6. The van der Waals surface area contributed by atoms with Crippen LogP contribution in [0.15, 0.2) is 46.6 Å². The Morgan fingerprint density at radius 2 is 0.671 bits per heavy atom. The third-order valence-corrected chi connectivity index (χ3v) is 21.0. The van der Waals surface area contributed by atoms with E-state index < -0.39 is 46.0 Å². The second-order valence-corrected chi connectivity index (χ2v) is 24.6. The fraction of sp³-hybridized carbons (Fsp3) is 0.167. The van der Waals surface area contributed by atoms with Gasteiger partial charge in [0.25, 0.3) is 0 Å². The summed E-state index contributed by atoms with van der Waals surface area (Å²) in [5.74, 6) is -4.42. The maximum absolute atomic E-state index is 14.8. The Hall–Kier alpha value is -9.60. The molecule has 14 rings (SSSR count). The zero-order valence-electron chi connectivity index (χ0n) is 44.1. The number of Topliss-reactive ketones (excluding diaryl/α,β-unsaturated/α-hetero) is 2. The van der Waals surface area contributed by atoms with Crippen molar-refractivity contribution in [1.29, 1.82) is 21.0 Å². The minimum Gasteiger partial charge on any atom is -0.485 e. The van der Waals surface area contributed by atoms with Crippen LogP contribution in [0, 0.1) is 96.3 Å². The Morgan fingerprint density at radius 3 is 0.976 bits per heavy atom. The monoisotopic (exact) mass is 1230 g/mol. The topological polar surface area (TPSA) is 236 Å². The molecule has 0 unspecified atom stereocenters. The number of nitriles is 4. The molecule has 10 heterocycles. The van der Waals surface area contributed by atoms with E-state index in [-0.39, 0.29) is 95.7 Å². The molecule has 85 heavy (non-hydrogen) atoms. The number of ketones is 2. The number of ether oxygens (including phenoxy) is 6. The van der Waals surface area contributed by atoms with Gasteiger partial charge in [0.2, 0.25) is 0 Å². The SMILES string of the molecule is Cc1nc2c(-c3sc(/C=C4\C(=O)c5cc(F)c(F)cc5C4=C(C#N)C#N)c4c3OCCO4)sc(-c3sc(-c4sc(-c5sc(/C=C6\C(=O)c7cc(F)c(F)cc7C6=C(C#N)C#N)c6c5OCCO6)c5nc(C)c(C)nc45)c4c3OCCO4)c2nc1C. The molecule has 5 aliphatic rings. The number of allylic oxidation sites excluding steroid dienone is 6. The molecule has 0 saturated carbocycles. The predicted molar refractivity (Wildman–Crippen MR) is 309 cm³/mol. The average molecular weight is 1230 g/mol. The number of hydrogen-bond acceptors (Lipinski definition) is 21. The highest BCUT2D eigenvalue weighted by Crippen LogP contribution is 2.63. The van der Waals surface area contributed by atoms with E-state index in [9.17, 15) is 48.2 Å². The summed E-state index contributed by atoms with van der Waals surface area (Å²) >= 11 is 6.47. The summed E-state index contributed by atoms with van der Waals surface area (Å²) in [7, 11) is 0. The van der Waals surface area contributed by atoms with Gasteiger partial charge in [-0.25, -0.2) is 37.5 Å². The molecule has 0 amide bonds. The van der Waals surface area contributed by atoms with E-state index in [2.05, 4.69) is 0 Å². The van der Waals surface area contributed by atoms with Crippen molar-refractivity contribution in [3.63, 3.8) is 0 Å². The van der Waals surface area contributed by atoms with Crippen molar-refractivity contribution in [2.45, 2.75) is 27.7 Å². The molecule has 0 atom stereocenters. The Balaban J connectivity index is 0.939. The summed E-state index contributed by atoms with van der Waals surface area (Å²) in [4.78, 5) is 54.4. The molecular weight excluding hydrogens is 1200 g/mol. The van der Waals surface area contributed by atoms with Crippen molar-refractivity contribution in [2.75, 3.05) is 39.6 Å². The maximum Gasteiger partial charge on any atom is 0.194 e. The first-order valence-corrected chi connectivity index (χ1v) is 29.6. The summed E-state index contributed by atoms with van der Waals surface area (Å²) in [5, 5.41) is 40.1. The van der Waals surface area contributed by atoms with Crippen molar-refractivity contribution >= 4 is 114 Å². The van der Waals surface area contributed by atoms with E-state index in [0.29, 0.717) is 117 Å². The molecule has 7 aromatic heterocycles. The zero-order chi connectivity index (χ0) is 59.0. The summed E-state index contributed by atoms with van der Waals surface area (Å²) in [6.45, 7) is 8.39.